The van der Waals surface area contributed by atoms with Gasteiger partial charge in [0.2, 0.25) is 0 Å². The van der Waals surface area contributed by atoms with Crippen molar-refractivity contribution in [2.75, 3.05) is 10.0 Å². The molecule has 0 saturated heterocycles. The van der Waals surface area contributed by atoms with Crippen LogP contribution in [0.3, 0.4) is 0 Å². The minimum absolute atomic E-state index is 0.144. The van der Waals surface area contributed by atoms with E-state index in [2.05, 4.69) is 21.9 Å². The summed E-state index contributed by atoms with van der Waals surface area (Å²) >= 11 is 1.50. The number of carbonyl (C=O) groups is 1. The quantitative estimate of drug-likeness (QED) is 0.604. The van der Waals surface area contributed by atoms with Crippen LogP contribution in [0.5, 0.6) is 0 Å². The summed E-state index contributed by atoms with van der Waals surface area (Å²) in [5.41, 5.74) is 2.50. The molecule has 156 valence electrons. The monoisotopic (exact) mass is 441 g/mol. The topological polar surface area (TPSA) is 88.2 Å². The van der Waals surface area contributed by atoms with Crippen molar-refractivity contribution in [3.8, 4) is 0 Å². The number of hydrogen-bond acceptors (Lipinski definition) is 5. The summed E-state index contributed by atoms with van der Waals surface area (Å²) in [6.07, 6.45) is 3.01. The molecule has 0 radical (unpaired) electrons. The number of rotatable bonds is 5. The van der Waals surface area contributed by atoms with Gasteiger partial charge in [-0.1, -0.05) is 36.8 Å². The van der Waals surface area contributed by atoms with E-state index in [4.69, 9.17) is 0 Å². The molecule has 30 heavy (non-hydrogen) atoms. The maximum absolute atomic E-state index is 12.9. The van der Waals surface area contributed by atoms with Crippen molar-refractivity contribution < 1.29 is 13.2 Å². The highest BCUT2D eigenvalue weighted by Gasteiger charge is 2.22. The first-order valence-electron chi connectivity index (χ1n) is 9.80. The first-order valence-corrected chi connectivity index (χ1v) is 12.1. The summed E-state index contributed by atoms with van der Waals surface area (Å²) in [6, 6.07) is 13.1. The van der Waals surface area contributed by atoms with Gasteiger partial charge in [0, 0.05) is 4.88 Å². The number of aryl methyl sites for hydroxylation is 2. The zero-order valence-electron chi connectivity index (χ0n) is 16.8. The maximum atomic E-state index is 12.9. The molecule has 1 aliphatic rings. The fourth-order valence-electron chi connectivity index (χ4n) is 3.45. The number of fused-ring (bicyclic) bond motifs is 1. The molecule has 1 heterocycles. The van der Waals surface area contributed by atoms with Crippen LogP contribution < -0.4 is 10.0 Å². The maximum Gasteiger partial charge on any atom is 0.261 e. The molecule has 0 saturated carbocycles. The largest absolute Gasteiger partial charge is 0.298 e. The van der Waals surface area contributed by atoms with E-state index in [1.54, 1.807) is 48.5 Å². The lowest BCUT2D eigenvalue weighted by Crippen LogP contribution is -2.18. The molecular formula is C22H23N3O3S2. The molecule has 0 unspecified atom stereocenters. The Morgan fingerprint density at radius 3 is 2.63 bits per heavy atom. The molecule has 4 rings (SSSR count). The van der Waals surface area contributed by atoms with E-state index in [0.29, 0.717) is 11.0 Å². The van der Waals surface area contributed by atoms with Crippen LogP contribution in [-0.2, 0) is 22.9 Å². The van der Waals surface area contributed by atoms with Gasteiger partial charge < -0.3 is 0 Å². The summed E-state index contributed by atoms with van der Waals surface area (Å²) in [5.74, 6) is 0.231. The van der Waals surface area contributed by atoms with Crippen LogP contribution in [0.1, 0.15) is 39.8 Å². The van der Waals surface area contributed by atoms with Gasteiger partial charge >= 0.3 is 0 Å². The summed E-state index contributed by atoms with van der Waals surface area (Å²) in [4.78, 5) is 18.8. The third kappa shape index (κ3) is 4.39. The molecule has 0 aliphatic heterocycles. The van der Waals surface area contributed by atoms with Gasteiger partial charge in [-0.15, -0.1) is 11.3 Å². The highest BCUT2D eigenvalue weighted by molar-refractivity contribution is 7.92. The van der Waals surface area contributed by atoms with Gasteiger partial charge in [0.05, 0.1) is 21.8 Å². The van der Waals surface area contributed by atoms with Gasteiger partial charge in [-0.25, -0.2) is 13.4 Å². The van der Waals surface area contributed by atoms with Gasteiger partial charge in [-0.3, -0.25) is 14.8 Å². The Hall–Kier alpha value is -2.71. The average molecular weight is 442 g/mol. The lowest BCUT2D eigenvalue weighted by atomic mass is 9.93. The lowest BCUT2D eigenvalue weighted by Gasteiger charge is -2.15. The Labute approximate surface area is 180 Å². The number of nitrogens with zero attached hydrogens (tertiary/aromatic N) is 1. The molecule has 8 heteroatoms. The fraction of sp³-hybridized carbons (Fsp3) is 0.273. The van der Waals surface area contributed by atoms with Crippen LogP contribution >= 0.6 is 11.3 Å². The second kappa shape index (κ2) is 8.20. The summed E-state index contributed by atoms with van der Waals surface area (Å²) in [6.45, 7) is 4.11. The zero-order valence-corrected chi connectivity index (χ0v) is 18.4. The standard InChI is InChI=1S/C22H23N3O3S2/c1-14-7-10-16(11-8-14)30(27,28)25-18-6-4-3-5-17(18)21(26)24-22-23-19-12-9-15(2)13-20(19)29-22/h3-8,10-11,15,25H,9,12-13H2,1-2H3,(H,23,24,26)/t15-/m1/s1. The van der Waals surface area contributed by atoms with E-state index in [9.17, 15) is 13.2 Å². The highest BCUT2D eigenvalue weighted by Crippen LogP contribution is 2.32. The number of aromatic nitrogens is 1. The Morgan fingerprint density at radius 1 is 1.13 bits per heavy atom. The van der Waals surface area contributed by atoms with Crippen molar-refractivity contribution in [3.63, 3.8) is 0 Å². The van der Waals surface area contributed by atoms with Crippen molar-refractivity contribution in [1.29, 1.82) is 0 Å². The minimum atomic E-state index is -3.81. The number of amides is 1. The lowest BCUT2D eigenvalue weighted by molar-refractivity contribution is 0.102. The number of anilines is 2. The Balaban J connectivity index is 1.56. The summed E-state index contributed by atoms with van der Waals surface area (Å²) in [5, 5.41) is 3.39. The normalized spacial score (nSPS) is 16.0. The number of hydrogen-bond donors (Lipinski definition) is 2. The van der Waals surface area contributed by atoms with Gasteiger partial charge in [-0.05, 0) is 56.4 Å². The average Bonchev–Trinajstić information content (AvgIpc) is 3.09. The van der Waals surface area contributed by atoms with Crippen molar-refractivity contribution in [2.45, 2.75) is 38.0 Å². The van der Waals surface area contributed by atoms with E-state index >= 15 is 0 Å². The van der Waals surface area contributed by atoms with Crippen molar-refractivity contribution in [1.82, 2.24) is 4.98 Å². The number of para-hydroxylation sites is 1. The molecule has 1 atom stereocenters. The molecule has 2 aromatic carbocycles. The molecule has 1 aliphatic carbocycles. The number of nitrogens with one attached hydrogen (secondary N) is 2. The molecule has 6 nitrogen and oxygen atoms in total. The predicted octanol–water partition coefficient (Wildman–Crippen LogP) is 4.63. The molecule has 0 fully saturated rings. The third-order valence-electron chi connectivity index (χ3n) is 5.15. The van der Waals surface area contributed by atoms with Gasteiger partial charge in [-0.2, -0.15) is 0 Å². The van der Waals surface area contributed by atoms with E-state index in [-0.39, 0.29) is 16.1 Å². The molecule has 0 spiro atoms. The number of benzene rings is 2. The van der Waals surface area contributed by atoms with Gasteiger partial charge in [0.15, 0.2) is 5.13 Å². The number of sulfonamides is 1. The second-order valence-corrected chi connectivity index (χ2v) is 10.4. The Kier molecular flexibility index (Phi) is 5.62. The van der Waals surface area contributed by atoms with E-state index in [1.165, 1.54) is 16.2 Å². The van der Waals surface area contributed by atoms with E-state index in [1.807, 2.05) is 6.92 Å². The second-order valence-electron chi connectivity index (χ2n) is 7.66. The zero-order chi connectivity index (χ0) is 21.3. The Bertz CT molecular complexity index is 1180. The summed E-state index contributed by atoms with van der Waals surface area (Å²) in [7, 11) is -3.81. The van der Waals surface area contributed by atoms with Crippen LogP contribution in [-0.4, -0.2) is 19.3 Å². The third-order valence-corrected chi connectivity index (χ3v) is 7.57. The predicted molar refractivity (Wildman–Crippen MR) is 120 cm³/mol. The first-order chi connectivity index (χ1) is 14.3. The van der Waals surface area contributed by atoms with Crippen LogP contribution in [0.15, 0.2) is 53.4 Å². The number of carbonyl (C=O) groups excluding carboxylic acids is 1. The molecule has 0 bridgehead atoms. The van der Waals surface area contributed by atoms with E-state index in [0.717, 1.165) is 30.5 Å². The van der Waals surface area contributed by atoms with Crippen molar-refractivity contribution in [3.05, 3.63) is 70.2 Å². The minimum Gasteiger partial charge on any atom is -0.298 e. The van der Waals surface area contributed by atoms with Crippen LogP contribution in [0.2, 0.25) is 0 Å². The smallest absolute Gasteiger partial charge is 0.261 e. The molecular weight excluding hydrogens is 418 g/mol. The summed E-state index contributed by atoms with van der Waals surface area (Å²) < 4.78 is 28.1. The van der Waals surface area contributed by atoms with Crippen molar-refractivity contribution in [2.24, 2.45) is 5.92 Å². The fourth-order valence-corrected chi connectivity index (χ4v) is 5.70. The first kappa shape index (κ1) is 20.6. The number of thiazole rings is 1. The van der Waals surface area contributed by atoms with Gasteiger partial charge in [0.25, 0.3) is 15.9 Å². The highest BCUT2D eigenvalue weighted by atomic mass is 32.2. The molecule has 3 aromatic rings. The molecule has 2 N–H and O–H groups in total. The molecule has 1 aromatic heterocycles. The molecule has 1 amide bonds. The van der Waals surface area contributed by atoms with Crippen molar-refractivity contribution >= 4 is 38.1 Å². The van der Waals surface area contributed by atoms with Crippen LogP contribution in [0, 0.1) is 12.8 Å². The van der Waals surface area contributed by atoms with Crippen LogP contribution in [0.25, 0.3) is 0 Å². The van der Waals surface area contributed by atoms with E-state index < -0.39 is 15.9 Å². The van der Waals surface area contributed by atoms with Gasteiger partial charge in [0.1, 0.15) is 0 Å². The Morgan fingerprint density at radius 2 is 1.87 bits per heavy atom. The SMILES string of the molecule is Cc1ccc(S(=O)(=O)Nc2ccccc2C(=O)Nc2nc3c(s2)C[C@H](C)CC3)cc1. The van der Waals surface area contributed by atoms with Crippen LogP contribution in [0.4, 0.5) is 10.8 Å².